The third-order valence-corrected chi connectivity index (χ3v) is 0.871. The molecule has 0 radical (unpaired) electrons. The van der Waals surface area contributed by atoms with Crippen LogP contribution in [-0.2, 0) is 4.79 Å². The first-order valence-corrected chi connectivity index (χ1v) is 3.49. The molecule has 2 N–H and O–H groups in total. The van der Waals surface area contributed by atoms with E-state index in [1.165, 1.54) is 0 Å². The molecule has 0 atom stereocenters. The molecular formula is C7H14F3NO. The van der Waals surface area contributed by atoms with E-state index in [4.69, 9.17) is 5.73 Å². The normalized spacial score (nSPS) is 10.7. The van der Waals surface area contributed by atoms with Crippen LogP contribution in [0.15, 0.2) is 0 Å². The van der Waals surface area contributed by atoms with Gasteiger partial charge in [-0.2, -0.15) is 13.2 Å². The van der Waals surface area contributed by atoms with Gasteiger partial charge in [0.25, 0.3) is 0 Å². The van der Waals surface area contributed by atoms with Crippen molar-refractivity contribution >= 4 is 5.78 Å². The van der Waals surface area contributed by atoms with Gasteiger partial charge in [0.2, 0.25) is 5.78 Å². The minimum absolute atomic E-state index is 0.486. The fraction of sp³-hybridized carbons (Fsp3) is 0.857. The van der Waals surface area contributed by atoms with Crippen molar-refractivity contribution in [2.75, 3.05) is 6.54 Å². The smallest absolute Gasteiger partial charge is 0.330 e. The lowest BCUT2D eigenvalue weighted by Crippen LogP contribution is -2.18. The fourth-order valence-corrected chi connectivity index (χ4v) is 0. The number of carbonyl (C=O) groups is 1. The van der Waals surface area contributed by atoms with E-state index in [9.17, 15) is 18.0 Å². The van der Waals surface area contributed by atoms with Crippen LogP contribution in [0.1, 0.15) is 20.8 Å². The van der Waals surface area contributed by atoms with Gasteiger partial charge in [0.15, 0.2) is 0 Å². The Kier molecular flexibility index (Phi) is 6.98. The van der Waals surface area contributed by atoms with Gasteiger partial charge >= 0.3 is 6.18 Å². The Labute approximate surface area is 69.9 Å². The highest BCUT2D eigenvalue weighted by Gasteiger charge is 2.33. The van der Waals surface area contributed by atoms with Gasteiger partial charge in [-0.15, -0.1) is 0 Å². The number of halogens is 3. The molecule has 0 saturated heterocycles. The van der Waals surface area contributed by atoms with Crippen LogP contribution >= 0.6 is 0 Å². The average Bonchev–Trinajstić information content (AvgIpc) is 1.87. The predicted molar refractivity (Wildman–Crippen MR) is 40.6 cm³/mol. The number of Topliss-reactive ketones (excluding diaryl/α,β-unsaturated/α-hetero) is 1. The Morgan fingerprint density at radius 2 is 1.58 bits per heavy atom. The predicted octanol–water partition coefficient (Wildman–Crippen LogP) is 1.74. The van der Waals surface area contributed by atoms with Gasteiger partial charge in [-0.25, -0.2) is 0 Å². The molecule has 0 amide bonds. The zero-order chi connectivity index (χ0) is 10.4. The molecule has 0 saturated carbocycles. The van der Waals surface area contributed by atoms with E-state index >= 15 is 0 Å². The Morgan fingerprint density at radius 1 is 1.42 bits per heavy atom. The summed E-state index contributed by atoms with van der Waals surface area (Å²) in [6.07, 6.45) is -4.64. The van der Waals surface area contributed by atoms with Crippen LogP contribution < -0.4 is 5.73 Å². The molecular weight excluding hydrogens is 171 g/mol. The molecule has 0 heterocycles. The summed E-state index contributed by atoms with van der Waals surface area (Å²) in [4.78, 5) is 9.34. The maximum Gasteiger partial charge on any atom is 0.449 e. The van der Waals surface area contributed by atoms with Gasteiger partial charge in [0.1, 0.15) is 0 Å². The first-order chi connectivity index (χ1) is 5.21. The molecule has 74 valence electrons. The van der Waals surface area contributed by atoms with Gasteiger partial charge in [-0.1, -0.05) is 13.8 Å². The van der Waals surface area contributed by atoms with E-state index in [-0.39, 0.29) is 0 Å². The van der Waals surface area contributed by atoms with E-state index in [1.54, 1.807) is 0 Å². The largest absolute Gasteiger partial charge is 0.449 e. The minimum atomic E-state index is -4.64. The van der Waals surface area contributed by atoms with Crippen molar-refractivity contribution < 1.29 is 18.0 Å². The van der Waals surface area contributed by atoms with Crippen molar-refractivity contribution in [2.24, 2.45) is 11.7 Å². The molecule has 2 nitrogen and oxygen atoms in total. The maximum absolute atomic E-state index is 10.8. The molecule has 0 aromatic rings. The highest BCUT2D eigenvalue weighted by atomic mass is 19.4. The van der Waals surface area contributed by atoms with Crippen LogP contribution in [0.3, 0.4) is 0 Å². The van der Waals surface area contributed by atoms with Crippen LogP contribution in [0.5, 0.6) is 0 Å². The standard InChI is InChI=1S/C4H11N.C3H3F3O/c1-4(2)3-5;1-2(7)3(4,5)6/h4H,3,5H2,1-2H3;1H3. The number of rotatable bonds is 1. The summed E-state index contributed by atoms with van der Waals surface area (Å²) in [6, 6.07) is 0. The van der Waals surface area contributed by atoms with Crippen molar-refractivity contribution in [3.05, 3.63) is 0 Å². The lowest BCUT2D eigenvalue weighted by Gasteiger charge is -1.95. The first-order valence-electron chi connectivity index (χ1n) is 3.49. The summed E-state index contributed by atoms with van der Waals surface area (Å²) >= 11 is 0. The maximum atomic E-state index is 10.8. The second kappa shape index (κ2) is 5.99. The molecule has 0 aliphatic rings. The van der Waals surface area contributed by atoms with Crippen molar-refractivity contribution in [1.29, 1.82) is 0 Å². The molecule has 0 bridgehead atoms. The molecule has 0 unspecified atom stereocenters. The molecule has 0 aromatic carbocycles. The summed E-state index contributed by atoms with van der Waals surface area (Å²) < 4.78 is 32.5. The Balaban J connectivity index is 0. The molecule has 0 aliphatic carbocycles. The summed E-state index contributed by atoms with van der Waals surface area (Å²) in [5.41, 5.74) is 5.17. The highest BCUT2D eigenvalue weighted by Crippen LogP contribution is 2.14. The van der Waals surface area contributed by atoms with Gasteiger partial charge in [-0.05, 0) is 12.5 Å². The Bertz CT molecular complexity index is 131. The van der Waals surface area contributed by atoms with Crippen molar-refractivity contribution in [1.82, 2.24) is 0 Å². The Hall–Kier alpha value is -0.580. The monoisotopic (exact) mass is 185 g/mol. The lowest BCUT2D eigenvalue weighted by molar-refractivity contribution is -0.168. The molecule has 12 heavy (non-hydrogen) atoms. The van der Waals surface area contributed by atoms with Gasteiger partial charge < -0.3 is 5.73 Å². The van der Waals surface area contributed by atoms with Crippen LogP contribution in [0.4, 0.5) is 13.2 Å². The SMILES string of the molecule is CC(=O)C(F)(F)F.CC(C)CN. The van der Waals surface area contributed by atoms with Crippen LogP contribution in [0, 0.1) is 5.92 Å². The zero-order valence-corrected chi connectivity index (χ0v) is 7.40. The van der Waals surface area contributed by atoms with Gasteiger partial charge in [-0.3, -0.25) is 4.79 Å². The molecule has 5 heteroatoms. The van der Waals surface area contributed by atoms with Crippen LogP contribution in [-0.4, -0.2) is 18.5 Å². The van der Waals surface area contributed by atoms with E-state index < -0.39 is 12.0 Å². The van der Waals surface area contributed by atoms with E-state index in [0.717, 1.165) is 6.54 Å². The van der Waals surface area contributed by atoms with Crippen LogP contribution in [0.2, 0.25) is 0 Å². The van der Waals surface area contributed by atoms with Gasteiger partial charge in [0, 0.05) is 6.92 Å². The third kappa shape index (κ3) is 12.1. The molecule has 0 spiro atoms. The van der Waals surface area contributed by atoms with E-state index in [1.807, 2.05) is 0 Å². The Morgan fingerprint density at radius 3 is 1.58 bits per heavy atom. The second-order valence-electron chi connectivity index (χ2n) is 2.68. The molecule has 0 aromatic heterocycles. The topological polar surface area (TPSA) is 43.1 Å². The summed E-state index contributed by atoms with van der Waals surface area (Å²) in [6.45, 7) is 5.49. The molecule has 0 fully saturated rings. The lowest BCUT2D eigenvalue weighted by atomic mass is 10.2. The zero-order valence-electron chi connectivity index (χ0n) is 7.40. The van der Waals surface area contributed by atoms with Gasteiger partial charge in [0.05, 0.1) is 0 Å². The summed E-state index contributed by atoms with van der Waals surface area (Å²) in [5, 5.41) is 0. The number of carbonyl (C=O) groups excluding carboxylic acids is 1. The van der Waals surface area contributed by atoms with Crippen molar-refractivity contribution in [3.63, 3.8) is 0 Å². The number of ketones is 1. The number of nitrogens with two attached hydrogens (primary N) is 1. The second-order valence-corrected chi connectivity index (χ2v) is 2.68. The molecule has 0 rings (SSSR count). The minimum Gasteiger partial charge on any atom is -0.330 e. The summed E-state index contributed by atoms with van der Waals surface area (Å²) in [7, 11) is 0. The summed E-state index contributed by atoms with van der Waals surface area (Å²) in [5.74, 6) is -1.09. The first kappa shape index (κ1) is 14.0. The fourth-order valence-electron chi connectivity index (χ4n) is 0. The average molecular weight is 185 g/mol. The van der Waals surface area contributed by atoms with E-state index in [0.29, 0.717) is 12.8 Å². The number of hydrogen-bond acceptors (Lipinski definition) is 2. The highest BCUT2D eigenvalue weighted by molar-refractivity contribution is 5.81. The van der Waals surface area contributed by atoms with Crippen LogP contribution in [0.25, 0.3) is 0 Å². The number of alkyl halides is 3. The molecule has 0 aliphatic heterocycles. The quantitative estimate of drug-likeness (QED) is 0.676. The third-order valence-electron chi connectivity index (χ3n) is 0.871. The number of hydrogen-bond donors (Lipinski definition) is 1. The van der Waals surface area contributed by atoms with Crippen molar-refractivity contribution in [2.45, 2.75) is 26.9 Å². The van der Waals surface area contributed by atoms with Crippen molar-refractivity contribution in [3.8, 4) is 0 Å². The van der Waals surface area contributed by atoms with E-state index in [2.05, 4.69) is 13.8 Å².